The number of halogens is 1. The Morgan fingerprint density at radius 3 is 2.75 bits per heavy atom. The van der Waals surface area contributed by atoms with Gasteiger partial charge in [0.05, 0.1) is 23.0 Å². The lowest BCUT2D eigenvalue weighted by Crippen LogP contribution is -2.17. The lowest BCUT2D eigenvalue weighted by Gasteiger charge is -2.09. The van der Waals surface area contributed by atoms with Crippen LogP contribution in [0, 0.1) is 6.92 Å². The molecule has 3 N–H and O–H groups in total. The predicted molar refractivity (Wildman–Crippen MR) is 81.0 cm³/mol. The minimum absolute atomic E-state index is 0.310. The van der Waals surface area contributed by atoms with Gasteiger partial charge in [0.2, 0.25) is 0 Å². The summed E-state index contributed by atoms with van der Waals surface area (Å²) < 4.78 is 7.47. The predicted octanol–water partition coefficient (Wildman–Crippen LogP) is 2.33. The van der Waals surface area contributed by atoms with Crippen LogP contribution in [-0.2, 0) is 7.05 Å². The van der Waals surface area contributed by atoms with Crippen molar-refractivity contribution >= 4 is 33.2 Å². The Kier molecular flexibility index (Phi) is 3.99. The Balaban J connectivity index is 2.28. The smallest absolute Gasteiger partial charge is 0.276 e. The SMILES string of the molecule is COc1cc(NC(=O)c2c(N)c(C)nn2C)ccc1Br. The zero-order valence-electron chi connectivity index (χ0n) is 11.4. The summed E-state index contributed by atoms with van der Waals surface area (Å²) in [6.07, 6.45) is 0. The van der Waals surface area contributed by atoms with E-state index < -0.39 is 0 Å². The van der Waals surface area contributed by atoms with Gasteiger partial charge in [-0.1, -0.05) is 0 Å². The number of nitrogens with zero attached hydrogens (tertiary/aromatic N) is 2. The maximum Gasteiger partial charge on any atom is 0.276 e. The Morgan fingerprint density at radius 1 is 1.50 bits per heavy atom. The number of benzene rings is 1. The summed E-state index contributed by atoms with van der Waals surface area (Å²) in [5.74, 6) is 0.326. The number of nitrogen functional groups attached to an aromatic ring is 1. The minimum Gasteiger partial charge on any atom is -0.495 e. The zero-order valence-corrected chi connectivity index (χ0v) is 13.0. The van der Waals surface area contributed by atoms with Crippen molar-refractivity contribution in [1.82, 2.24) is 9.78 Å². The van der Waals surface area contributed by atoms with Crippen molar-refractivity contribution in [3.05, 3.63) is 34.1 Å². The topological polar surface area (TPSA) is 82.2 Å². The Hall–Kier alpha value is -2.02. The number of carbonyl (C=O) groups excluding carboxylic acids is 1. The van der Waals surface area contributed by atoms with Crippen LogP contribution in [-0.4, -0.2) is 22.8 Å². The molecule has 0 unspecified atom stereocenters. The van der Waals surface area contributed by atoms with Crippen molar-refractivity contribution in [3.8, 4) is 5.75 Å². The van der Waals surface area contributed by atoms with Gasteiger partial charge in [-0.3, -0.25) is 9.48 Å². The molecule has 0 fully saturated rings. The maximum absolute atomic E-state index is 12.2. The molecule has 1 aromatic heterocycles. The molecule has 0 aliphatic heterocycles. The molecule has 0 aliphatic carbocycles. The minimum atomic E-state index is -0.310. The van der Waals surface area contributed by atoms with Gasteiger partial charge in [-0.25, -0.2) is 0 Å². The van der Waals surface area contributed by atoms with Gasteiger partial charge in [0.1, 0.15) is 11.4 Å². The molecule has 1 heterocycles. The third kappa shape index (κ3) is 2.62. The number of hydrogen-bond acceptors (Lipinski definition) is 4. The summed E-state index contributed by atoms with van der Waals surface area (Å²) in [5.41, 5.74) is 7.83. The van der Waals surface area contributed by atoms with Gasteiger partial charge in [0.15, 0.2) is 0 Å². The van der Waals surface area contributed by atoms with E-state index in [9.17, 15) is 4.79 Å². The second-order valence-electron chi connectivity index (χ2n) is 4.27. The van der Waals surface area contributed by atoms with Gasteiger partial charge < -0.3 is 15.8 Å². The van der Waals surface area contributed by atoms with Crippen LogP contribution in [0.1, 0.15) is 16.2 Å². The first-order valence-corrected chi connectivity index (χ1v) is 6.67. The molecule has 7 heteroatoms. The number of ether oxygens (including phenoxy) is 1. The Morgan fingerprint density at radius 2 is 2.20 bits per heavy atom. The summed E-state index contributed by atoms with van der Waals surface area (Å²) in [4.78, 5) is 12.2. The average molecular weight is 339 g/mol. The first-order valence-electron chi connectivity index (χ1n) is 5.88. The van der Waals surface area contributed by atoms with Gasteiger partial charge in [0, 0.05) is 18.8 Å². The van der Waals surface area contributed by atoms with E-state index in [1.807, 2.05) is 0 Å². The largest absolute Gasteiger partial charge is 0.495 e. The molecule has 1 aromatic carbocycles. The maximum atomic E-state index is 12.2. The van der Waals surface area contributed by atoms with Crippen molar-refractivity contribution in [2.45, 2.75) is 6.92 Å². The van der Waals surface area contributed by atoms with Crippen molar-refractivity contribution in [2.24, 2.45) is 7.05 Å². The van der Waals surface area contributed by atoms with Crippen molar-refractivity contribution in [2.75, 3.05) is 18.2 Å². The summed E-state index contributed by atoms with van der Waals surface area (Å²) in [6.45, 7) is 1.76. The number of nitrogens with two attached hydrogens (primary N) is 1. The molecular weight excluding hydrogens is 324 g/mol. The molecule has 20 heavy (non-hydrogen) atoms. The second-order valence-corrected chi connectivity index (χ2v) is 5.13. The van der Waals surface area contributed by atoms with Gasteiger partial charge in [-0.05, 0) is 35.0 Å². The standard InChI is InChI=1S/C13H15BrN4O2/c1-7-11(15)12(18(2)17-7)13(19)16-8-4-5-9(14)10(6-8)20-3/h4-6H,15H2,1-3H3,(H,16,19). The number of anilines is 2. The van der Waals surface area contributed by atoms with Gasteiger partial charge in [-0.15, -0.1) is 0 Å². The lowest BCUT2D eigenvalue weighted by molar-refractivity contribution is 0.101. The number of methoxy groups -OCH3 is 1. The number of nitrogens with one attached hydrogen (secondary N) is 1. The number of aryl methyl sites for hydroxylation is 2. The highest BCUT2D eigenvalue weighted by Crippen LogP contribution is 2.28. The van der Waals surface area contributed by atoms with Crippen LogP contribution in [0.2, 0.25) is 0 Å². The van der Waals surface area contributed by atoms with Crippen LogP contribution in [0.5, 0.6) is 5.75 Å². The highest BCUT2D eigenvalue weighted by molar-refractivity contribution is 9.10. The van der Waals surface area contributed by atoms with Crippen LogP contribution in [0.3, 0.4) is 0 Å². The molecule has 2 aromatic rings. The molecule has 0 radical (unpaired) electrons. The average Bonchev–Trinajstić information content (AvgIpc) is 2.65. The van der Waals surface area contributed by atoms with Gasteiger partial charge >= 0.3 is 0 Å². The third-order valence-corrected chi connectivity index (χ3v) is 3.55. The highest BCUT2D eigenvalue weighted by Gasteiger charge is 2.18. The first kappa shape index (κ1) is 14.4. The molecule has 0 spiro atoms. The molecule has 2 rings (SSSR count). The van der Waals surface area contributed by atoms with Crippen LogP contribution >= 0.6 is 15.9 Å². The van der Waals surface area contributed by atoms with Crippen LogP contribution in [0.15, 0.2) is 22.7 Å². The number of amides is 1. The molecule has 0 atom stereocenters. The number of rotatable bonds is 3. The summed E-state index contributed by atoms with van der Waals surface area (Å²) in [5, 5.41) is 6.89. The summed E-state index contributed by atoms with van der Waals surface area (Å²) in [6, 6.07) is 5.29. The summed E-state index contributed by atoms with van der Waals surface area (Å²) >= 11 is 3.36. The summed E-state index contributed by atoms with van der Waals surface area (Å²) in [7, 11) is 3.24. The second kappa shape index (κ2) is 5.54. The fraction of sp³-hybridized carbons (Fsp3) is 0.231. The van der Waals surface area contributed by atoms with E-state index >= 15 is 0 Å². The quantitative estimate of drug-likeness (QED) is 0.899. The van der Waals surface area contributed by atoms with E-state index in [0.29, 0.717) is 28.5 Å². The Labute approximate surface area is 125 Å². The molecule has 6 nitrogen and oxygen atoms in total. The molecule has 0 saturated heterocycles. The normalized spacial score (nSPS) is 10.4. The first-order chi connectivity index (χ1) is 9.43. The van der Waals surface area contributed by atoms with Crippen LogP contribution in [0.25, 0.3) is 0 Å². The number of aromatic nitrogens is 2. The monoisotopic (exact) mass is 338 g/mol. The van der Waals surface area contributed by atoms with E-state index in [0.717, 1.165) is 4.47 Å². The zero-order chi connectivity index (χ0) is 14.9. The molecule has 106 valence electrons. The van der Waals surface area contributed by atoms with Crippen molar-refractivity contribution < 1.29 is 9.53 Å². The third-order valence-electron chi connectivity index (χ3n) is 2.89. The van der Waals surface area contributed by atoms with E-state index in [1.165, 1.54) is 4.68 Å². The lowest BCUT2D eigenvalue weighted by atomic mass is 10.2. The van der Waals surface area contributed by atoms with E-state index in [-0.39, 0.29) is 5.91 Å². The highest BCUT2D eigenvalue weighted by atomic mass is 79.9. The number of hydrogen-bond donors (Lipinski definition) is 2. The molecule has 0 saturated carbocycles. The molecule has 1 amide bonds. The van der Waals surface area contributed by atoms with Crippen molar-refractivity contribution in [1.29, 1.82) is 0 Å². The molecule has 0 bridgehead atoms. The van der Waals surface area contributed by atoms with Gasteiger partial charge in [-0.2, -0.15) is 5.10 Å². The van der Waals surface area contributed by atoms with Crippen LogP contribution in [0.4, 0.5) is 11.4 Å². The fourth-order valence-corrected chi connectivity index (χ4v) is 2.28. The Bertz CT molecular complexity index is 667. The van der Waals surface area contributed by atoms with E-state index in [4.69, 9.17) is 10.5 Å². The van der Waals surface area contributed by atoms with Crippen molar-refractivity contribution in [3.63, 3.8) is 0 Å². The van der Waals surface area contributed by atoms with Crippen LogP contribution < -0.4 is 15.8 Å². The molecule has 0 aliphatic rings. The molecular formula is C13H15BrN4O2. The fourth-order valence-electron chi connectivity index (χ4n) is 1.87. The van der Waals surface area contributed by atoms with Gasteiger partial charge in [0.25, 0.3) is 5.91 Å². The van der Waals surface area contributed by atoms with E-state index in [2.05, 4.69) is 26.3 Å². The number of carbonyl (C=O) groups is 1. The van der Waals surface area contributed by atoms with E-state index in [1.54, 1.807) is 39.3 Å².